The molecule has 120 valence electrons. The molecule has 1 aliphatic rings. The van der Waals surface area contributed by atoms with Crippen molar-refractivity contribution in [3.63, 3.8) is 0 Å². The number of piperidine rings is 1. The normalized spacial score (nSPS) is 20.7. The summed E-state index contributed by atoms with van der Waals surface area (Å²) < 4.78 is 11.1. The molecule has 0 aliphatic carbocycles. The van der Waals surface area contributed by atoms with Crippen LogP contribution in [0.25, 0.3) is 0 Å². The highest BCUT2D eigenvalue weighted by Crippen LogP contribution is 2.27. The SMILES string of the molecule is O=C(COc1ccccc1)O[C@H]1CNCCC1c1ccccc1. The van der Waals surface area contributed by atoms with E-state index in [0.717, 1.165) is 13.0 Å². The molecule has 1 unspecified atom stereocenters. The second-order valence-electron chi connectivity index (χ2n) is 5.64. The van der Waals surface area contributed by atoms with E-state index in [2.05, 4.69) is 17.4 Å². The quantitative estimate of drug-likeness (QED) is 0.863. The molecule has 2 aromatic carbocycles. The minimum absolute atomic E-state index is 0.0674. The summed E-state index contributed by atoms with van der Waals surface area (Å²) in [7, 11) is 0. The molecule has 2 aromatic rings. The fourth-order valence-electron chi connectivity index (χ4n) is 2.90. The Bertz CT molecular complexity index is 615. The van der Waals surface area contributed by atoms with E-state index in [0.29, 0.717) is 12.3 Å². The maximum Gasteiger partial charge on any atom is 0.344 e. The number of hydrogen-bond acceptors (Lipinski definition) is 4. The topological polar surface area (TPSA) is 47.6 Å². The zero-order valence-corrected chi connectivity index (χ0v) is 13.0. The first-order valence-corrected chi connectivity index (χ1v) is 7.96. The van der Waals surface area contributed by atoms with Gasteiger partial charge in [0.2, 0.25) is 0 Å². The minimum Gasteiger partial charge on any atom is -0.482 e. The molecule has 1 fully saturated rings. The maximum absolute atomic E-state index is 12.1. The highest BCUT2D eigenvalue weighted by molar-refractivity contribution is 5.71. The minimum atomic E-state index is -0.330. The van der Waals surface area contributed by atoms with Gasteiger partial charge in [0.15, 0.2) is 6.61 Å². The van der Waals surface area contributed by atoms with Gasteiger partial charge in [0, 0.05) is 12.5 Å². The van der Waals surface area contributed by atoms with Crippen molar-refractivity contribution in [2.24, 2.45) is 0 Å². The molecular weight excluding hydrogens is 290 g/mol. The Morgan fingerprint density at radius 2 is 1.74 bits per heavy atom. The summed E-state index contributed by atoms with van der Waals surface area (Å²) in [5.74, 6) is 0.576. The summed E-state index contributed by atoms with van der Waals surface area (Å²) in [6, 6.07) is 19.5. The van der Waals surface area contributed by atoms with Gasteiger partial charge in [0.25, 0.3) is 0 Å². The van der Waals surface area contributed by atoms with Crippen LogP contribution in [0.3, 0.4) is 0 Å². The molecule has 0 spiro atoms. The zero-order chi connectivity index (χ0) is 15.9. The number of carbonyl (C=O) groups excluding carboxylic acids is 1. The Hall–Kier alpha value is -2.33. The molecule has 0 aromatic heterocycles. The van der Waals surface area contributed by atoms with Gasteiger partial charge in [-0.1, -0.05) is 48.5 Å². The molecular formula is C19H21NO3. The van der Waals surface area contributed by atoms with Crippen molar-refractivity contribution in [2.75, 3.05) is 19.7 Å². The predicted octanol–water partition coefficient (Wildman–Crippen LogP) is 2.75. The third-order valence-electron chi connectivity index (χ3n) is 4.04. The largest absolute Gasteiger partial charge is 0.482 e. The van der Waals surface area contributed by atoms with Crippen LogP contribution in [0.15, 0.2) is 60.7 Å². The Kier molecular flexibility index (Phi) is 5.27. The van der Waals surface area contributed by atoms with Gasteiger partial charge in [-0.3, -0.25) is 0 Å². The third-order valence-corrected chi connectivity index (χ3v) is 4.04. The second-order valence-corrected chi connectivity index (χ2v) is 5.64. The van der Waals surface area contributed by atoms with Crippen LogP contribution < -0.4 is 10.1 Å². The van der Waals surface area contributed by atoms with E-state index >= 15 is 0 Å². The number of carbonyl (C=O) groups is 1. The second kappa shape index (κ2) is 7.79. The first kappa shape index (κ1) is 15.6. The van der Waals surface area contributed by atoms with Crippen LogP contribution in [-0.4, -0.2) is 31.8 Å². The zero-order valence-electron chi connectivity index (χ0n) is 13.0. The van der Waals surface area contributed by atoms with Crippen molar-refractivity contribution >= 4 is 5.97 Å². The molecule has 4 heteroatoms. The average molecular weight is 311 g/mol. The van der Waals surface area contributed by atoms with Gasteiger partial charge in [-0.15, -0.1) is 0 Å². The Morgan fingerprint density at radius 1 is 1.04 bits per heavy atom. The molecule has 3 rings (SSSR count). The number of nitrogens with one attached hydrogen (secondary N) is 1. The number of rotatable bonds is 5. The van der Waals surface area contributed by atoms with Crippen LogP contribution in [0.5, 0.6) is 5.75 Å². The van der Waals surface area contributed by atoms with Crippen LogP contribution in [0.4, 0.5) is 0 Å². The number of esters is 1. The number of benzene rings is 2. The molecule has 0 radical (unpaired) electrons. The van der Waals surface area contributed by atoms with Crippen LogP contribution in [0, 0.1) is 0 Å². The summed E-state index contributed by atoms with van der Waals surface area (Å²) in [5, 5.41) is 3.30. The molecule has 1 N–H and O–H groups in total. The molecule has 0 amide bonds. The number of para-hydroxylation sites is 1. The predicted molar refractivity (Wildman–Crippen MR) is 88.5 cm³/mol. The lowest BCUT2D eigenvalue weighted by atomic mass is 9.88. The molecule has 2 atom stereocenters. The van der Waals surface area contributed by atoms with Gasteiger partial charge in [-0.2, -0.15) is 0 Å². The monoisotopic (exact) mass is 311 g/mol. The lowest BCUT2D eigenvalue weighted by molar-refractivity contribution is -0.153. The van der Waals surface area contributed by atoms with Crippen molar-refractivity contribution in [1.29, 1.82) is 0 Å². The lowest BCUT2D eigenvalue weighted by Crippen LogP contribution is -2.42. The van der Waals surface area contributed by atoms with E-state index < -0.39 is 0 Å². The molecule has 1 saturated heterocycles. The standard InChI is InChI=1S/C19H21NO3/c21-19(14-22-16-9-5-2-6-10-16)23-18-13-20-12-11-17(18)15-7-3-1-4-8-15/h1-10,17-18,20H,11-14H2/t17?,18-/m0/s1. The summed E-state index contributed by atoms with van der Waals surface area (Å²) in [6.45, 7) is 1.55. The van der Waals surface area contributed by atoms with E-state index in [-0.39, 0.29) is 24.6 Å². The smallest absolute Gasteiger partial charge is 0.344 e. The summed E-state index contributed by atoms with van der Waals surface area (Å²) >= 11 is 0. The van der Waals surface area contributed by atoms with Crippen molar-refractivity contribution in [2.45, 2.75) is 18.4 Å². The van der Waals surface area contributed by atoms with Crippen LogP contribution in [0.1, 0.15) is 17.9 Å². The molecule has 1 aliphatic heterocycles. The van der Waals surface area contributed by atoms with E-state index in [1.807, 2.05) is 48.5 Å². The Labute approximate surface area is 136 Å². The van der Waals surface area contributed by atoms with Gasteiger partial charge < -0.3 is 14.8 Å². The van der Waals surface area contributed by atoms with Gasteiger partial charge in [0.1, 0.15) is 11.9 Å². The van der Waals surface area contributed by atoms with Crippen molar-refractivity contribution in [1.82, 2.24) is 5.32 Å². The molecule has 4 nitrogen and oxygen atoms in total. The molecule has 0 saturated carbocycles. The average Bonchev–Trinajstić information content (AvgIpc) is 2.62. The maximum atomic E-state index is 12.1. The van der Waals surface area contributed by atoms with E-state index in [1.54, 1.807) is 0 Å². The van der Waals surface area contributed by atoms with Crippen LogP contribution in [-0.2, 0) is 9.53 Å². The van der Waals surface area contributed by atoms with Gasteiger partial charge in [-0.25, -0.2) is 4.79 Å². The third kappa shape index (κ3) is 4.33. The molecule has 23 heavy (non-hydrogen) atoms. The Morgan fingerprint density at radius 3 is 2.48 bits per heavy atom. The van der Waals surface area contributed by atoms with Crippen LogP contribution >= 0.6 is 0 Å². The summed E-state index contributed by atoms with van der Waals surface area (Å²) in [4.78, 5) is 12.1. The summed E-state index contributed by atoms with van der Waals surface area (Å²) in [5.41, 5.74) is 1.22. The van der Waals surface area contributed by atoms with Crippen molar-refractivity contribution in [3.05, 3.63) is 66.2 Å². The highest BCUT2D eigenvalue weighted by Gasteiger charge is 2.29. The molecule has 0 bridgehead atoms. The van der Waals surface area contributed by atoms with Crippen molar-refractivity contribution in [3.8, 4) is 5.75 Å². The van der Waals surface area contributed by atoms with Gasteiger partial charge in [-0.05, 0) is 30.7 Å². The molecule has 1 heterocycles. The fourth-order valence-corrected chi connectivity index (χ4v) is 2.90. The van der Waals surface area contributed by atoms with Crippen LogP contribution in [0.2, 0.25) is 0 Å². The first-order chi connectivity index (χ1) is 11.3. The summed E-state index contributed by atoms with van der Waals surface area (Å²) in [6.07, 6.45) is 0.805. The Balaban J connectivity index is 1.57. The van der Waals surface area contributed by atoms with E-state index in [9.17, 15) is 4.79 Å². The highest BCUT2D eigenvalue weighted by atomic mass is 16.6. The first-order valence-electron chi connectivity index (χ1n) is 7.96. The van der Waals surface area contributed by atoms with E-state index in [4.69, 9.17) is 9.47 Å². The van der Waals surface area contributed by atoms with E-state index in [1.165, 1.54) is 5.56 Å². The number of hydrogen-bond donors (Lipinski definition) is 1. The van der Waals surface area contributed by atoms with Gasteiger partial charge >= 0.3 is 5.97 Å². The lowest BCUT2D eigenvalue weighted by Gasteiger charge is -2.32. The van der Waals surface area contributed by atoms with Gasteiger partial charge in [0.05, 0.1) is 0 Å². The fraction of sp³-hybridized carbons (Fsp3) is 0.316. The number of ether oxygens (including phenoxy) is 2. The van der Waals surface area contributed by atoms with Crippen molar-refractivity contribution < 1.29 is 14.3 Å².